The number of halogens is 3. The molecule has 0 aliphatic rings. The molecule has 0 radical (unpaired) electrons. The number of amides is 1. The highest BCUT2D eigenvalue weighted by Crippen LogP contribution is 2.25. The molecule has 1 unspecified atom stereocenters. The number of benzene rings is 2. The van der Waals surface area contributed by atoms with Gasteiger partial charge in [0.2, 0.25) is 0 Å². The fourth-order valence-electron chi connectivity index (χ4n) is 3.19. The lowest BCUT2D eigenvalue weighted by Crippen LogP contribution is -2.24. The van der Waals surface area contributed by atoms with Crippen LogP contribution in [-0.2, 0) is 13.0 Å². The van der Waals surface area contributed by atoms with E-state index in [1.807, 2.05) is 0 Å². The Morgan fingerprint density at radius 1 is 1.00 bits per heavy atom. The van der Waals surface area contributed by atoms with Gasteiger partial charge in [-0.15, -0.1) is 0 Å². The minimum atomic E-state index is -1.35. The molecule has 3 rings (SSSR count). The van der Waals surface area contributed by atoms with Crippen molar-refractivity contribution in [3.05, 3.63) is 99.9 Å². The maximum absolute atomic E-state index is 14.9. The summed E-state index contributed by atoms with van der Waals surface area (Å²) in [5.74, 6) is -3.57. The van der Waals surface area contributed by atoms with Crippen molar-refractivity contribution in [2.45, 2.75) is 32.5 Å². The molecule has 0 saturated heterocycles. The van der Waals surface area contributed by atoms with Gasteiger partial charge in [0.05, 0.1) is 5.56 Å². The molecule has 0 aliphatic carbocycles. The summed E-state index contributed by atoms with van der Waals surface area (Å²) in [5, 5.41) is 11.5. The number of aromatic carboxylic acids is 1. The highest BCUT2D eigenvalue weighted by molar-refractivity contribution is 5.92. The maximum atomic E-state index is 14.9. The Kier molecular flexibility index (Phi) is 7.25. The molecular formula is C24H21F3N2O3. The maximum Gasteiger partial charge on any atom is 0.335 e. The number of aromatic nitrogens is 1. The van der Waals surface area contributed by atoms with Crippen LogP contribution in [0, 0.1) is 18.6 Å². The molecule has 5 nitrogen and oxygen atoms in total. The van der Waals surface area contributed by atoms with Crippen molar-refractivity contribution in [3.63, 3.8) is 0 Å². The van der Waals surface area contributed by atoms with Crippen LogP contribution in [0.5, 0.6) is 0 Å². The van der Waals surface area contributed by atoms with Gasteiger partial charge in [0.15, 0.2) is 11.6 Å². The zero-order valence-corrected chi connectivity index (χ0v) is 17.2. The molecule has 8 heteroatoms. The standard InChI is InChI=1S/C24H21F3N2O3/c1-14-10-18(19(25)8-4-15-2-6-17(7-3-15)24(31)32)12-22(29-14)23(30)28-13-16-5-9-20(26)21(27)11-16/h2-3,5-7,9-12,19H,4,8,13H2,1H3,(H,28,30)(H,31,32). The number of hydrogen-bond donors (Lipinski definition) is 2. The smallest absolute Gasteiger partial charge is 0.335 e. The molecule has 1 aromatic heterocycles. The lowest BCUT2D eigenvalue weighted by atomic mass is 10.0. The van der Waals surface area contributed by atoms with Gasteiger partial charge in [-0.2, -0.15) is 0 Å². The monoisotopic (exact) mass is 442 g/mol. The van der Waals surface area contributed by atoms with Crippen molar-refractivity contribution in [1.29, 1.82) is 0 Å². The molecule has 2 aromatic carbocycles. The van der Waals surface area contributed by atoms with Crippen molar-refractivity contribution in [2.24, 2.45) is 0 Å². The van der Waals surface area contributed by atoms with Crippen molar-refractivity contribution in [2.75, 3.05) is 0 Å². The van der Waals surface area contributed by atoms with Gasteiger partial charge in [-0.05, 0) is 72.9 Å². The van der Waals surface area contributed by atoms with Crippen LogP contribution in [0.1, 0.15) is 55.8 Å². The van der Waals surface area contributed by atoms with Gasteiger partial charge in [0.25, 0.3) is 5.91 Å². The van der Waals surface area contributed by atoms with E-state index in [0.717, 1.165) is 17.7 Å². The van der Waals surface area contributed by atoms with E-state index in [9.17, 15) is 22.8 Å². The van der Waals surface area contributed by atoms with Gasteiger partial charge in [-0.25, -0.2) is 22.9 Å². The van der Waals surface area contributed by atoms with Crippen LogP contribution >= 0.6 is 0 Å². The third-order valence-electron chi connectivity index (χ3n) is 4.89. The molecule has 0 fully saturated rings. The van der Waals surface area contributed by atoms with Crippen molar-refractivity contribution in [1.82, 2.24) is 10.3 Å². The first-order chi connectivity index (χ1) is 15.2. The molecule has 1 atom stereocenters. The van der Waals surface area contributed by atoms with E-state index in [0.29, 0.717) is 23.2 Å². The number of alkyl halides is 1. The molecule has 32 heavy (non-hydrogen) atoms. The van der Waals surface area contributed by atoms with Crippen molar-refractivity contribution < 1.29 is 27.9 Å². The van der Waals surface area contributed by atoms with E-state index >= 15 is 0 Å². The highest BCUT2D eigenvalue weighted by atomic mass is 19.2. The second-order valence-electron chi connectivity index (χ2n) is 7.37. The first kappa shape index (κ1) is 23.0. The van der Waals surface area contributed by atoms with Crippen LogP contribution in [0.2, 0.25) is 0 Å². The van der Waals surface area contributed by atoms with Crippen molar-refractivity contribution >= 4 is 11.9 Å². The predicted octanol–water partition coefficient (Wildman–Crippen LogP) is 4.94. The van der Waals surface area contributed by atoms with Crippen LogP contribution < -0.4 is 5.32 Å². The lowest BCUT2D eigenvalue weighted by Gasteiger charge is -2.12. The number of carbonyl (C=O) groups excluding carboxylic acids is 1. The van der Waals surface area contributed by atoms with E-state index < -0.39 is 29.7 Å². The first-order valence-corrected chi connectivity index (χ1v) is 9.90. The molecule has 0 spiro atoms. The fraction of sp³-hybridized carbons (Fsp3) is 0.208. The zero-order valence-electron chi connectivity index (χ0n) is 17.2. The minimum absolute atomic E-state index is 0.0241. The Balaban J connectivity index is 1.63. The number of nitrogens with one attached hydrogen (secondary N) is 1. The summed E-state index contributed by atoms with van der Waals surface area (Å²) in [7, 11) is 0. The molecule has 2 N–H and O–H groups in total. The van der Waals surface area contributed by atoms with Crippen LogP contribution in [-0.4, -0.2) is 22.0 Å². The predicted molar refractivity (Wildman–Crippen MR) is 112 cm³/mol. The Bertz CT molecular complexity index is 1130. The molecule has 0 bridgehead atoms. The molecular weight excluding hydrogens is 421 g/mol. The van der Waals surface area contributed by atoms with Crippen molar-refractivity contribution in [3.8, 4) is 0 Å². The summed E-state index contributed by atoms with van der Waals surface area (Å²) in [5.41, 5.74) is 2.13. The van der Waals surface area contributed by atoms with Gasteiger partial charge < -0.3 is 10.4 Å². The third-order valence-corrected chi connectivity index (χ3v) is 4.89. The van der Waals surface area contributed by atoms with Crippen LogP contribution in [0.4, 0.5) is 13.2 Å². The number of carboxylic acids is 1. The highest BCUT2D eigenvalue weighted by Gasteiger charge is 2.16. The number of hydrogen-bond acceptors (Lipinski definition) is 3. The zero-order chi connectivity index (χ0) is 23.3. The Hall–Kier alpha value is -3.68. The van der Waals surface area contributed by atoms with Crippen LogP contribution in [0.3, 0.4) is 0 Å². The van der Waals surface area contributed by atoms with E-state index in [1.165, 1.54) is 24.3 Å². The van der Waals surface area contributed by atoms with Gasteiger partial charge in [-0.1, -0.05) is 18.2 Å². The minimum Gasteiger partial charge on any atom is -0.478 e. The van der Waals surface area contributed by atoms with Gasteiger partial charge in [0, 0.05) is 12.2 Å². The van der Waals surface area contributed by atoms with E-state index in [4.69, 9.17) is 5.11 Å². The molecule has 166 valence electrons. The number of pyridine rings is 1. The number of carbonyl (C=O) groups is 2. The third kappa shape index (κ3) is 5.94. The molecule has 0 saturated carbocycles. The Labute approximate surface area is 182 Å². The van der Waals surface area contributed by atoms with Gasteiger partial charge >= 0.3 is 5.97 Å². The average Bonchev–Trinajstić information content (AvgIpc) is 2.77. The van der Waals surface area contributed by atoms with E-state index in [-0.39, 0.29) is 24.2 Å². The summed E-state index contributed by atoms with van der Waals surface area (Å²) >= 11 is 0. The SMILES string of the molecule is Cc1cc(C(F)CCc2ccc(C(=O)O)cc2)cc(C(=O)NCc2ccc(F)c(F)c2)n1. The summed E-state index contributed by atoms with van der Waals surface area (Å²) in [6, 6.07) is 12.5. The van der Waals surface area contributed by atoms with Crippen LogP contribution in [0.25, 0.3) is 0 Å². The second kappa shape index (κ2) is 10.1. The topological polar surface area (TPSA) is 79.3 Å². The Morgan fingerprint density at radius 2 is 1.69 bits per heavy atom. The summed E-state index contributed by atoms with van der Waals surface area (Å²) in [4.78, 5) is 27.5. The van der Waals surface area contributed by atoms with E-state index in [1.54, 1.807) is 25.1 Å². The number of nitrogens with zero attached hydrogens (tertiary/aromatic N) is 1. The Morgan fingerprint density at radius 3 is 2.34 bits per heavy atom. The lowest BCUT2D eigenvalue weighted by molar-refractivity contribution is 0.0696. The molecule has 3 aromatic rings. The summed E-state index contributed by atoms with van der Waals surface area (Å²) < 4.78 is 41.2. The number of rotatable bonds is 8. The quantitative estimate of drug-likeness (QED) is 0.518. The summed E-state index contributed by atoms with van der Waals surface area (Å²) in [6.45, 7) is 1.61. The summed E-state index contributed by atoms with van der Waals surface area (Å²) in [6.07, 6.45) is -0.820. The normalized spacial score (nSPS) is 11.8. The second-order valence-corrected chi connectivity index (χ2v) is 7.37. The van der Waals surface area contributed by atoms with Gasteiger partial charge in [0.1, 0.15) is 11.9 Å². The van der Waals surface area contributed by atoms with E-state index in [2.05, 4.69) is 10.3 Å². The number of carboxylic acid groups (broad SMARTS) is 1. The molecule has 0 aliphatic heterocycles. The largest absolute Gasteiger partial charge is 0.478 e. The first-order valence-electron chi connectivity index (χ1n) is 9.90. The molecule has 1 amide bonds. The van der Waals surface area contributed by atoms with Gasteiger partial charge in [-0.3, -0.25) is 4.79 Å². The van der Waals surface area contributed by atoms with Crippen LogP contribution in [0.15, 0.2) is 54.6 Å². The average molecular weight is 442 g/mol. The molecule has 1 heterocycles. The number of aryl methyl sites for hydroxylation is 2. The fourth-order valence-corrected chi connectivity index (χ4v) is 3.19.